The zero-order chi connectivity index (χ0) is 15.7. The van der Waals surface area contributed by atoms with E-state index < -0.39 is 0 Å². The van der Waals surface area contributed by atoms with Crippen LogP contribution < -0.4 is 0 Å². The summed E-state index contributed by atoms with van der Waals surface area (Å²) in [6.45, 7) is 5.88. The monoisotopic (exact) mass is 318 g/mol. The quantitative estimate of drug-likeness (QED) is 0.855. The summed E-state index contributed by atoms with van der Waals surface area (Å²) in [5, 5.41) is 1.90. The fraction of sp³-hybridized carbons (Fsp3) is 0.375. The second-order valence-corrected chi connectivity index (χ2v) is 6.34. The zero-order valence-corrected chi connectivity index (χ0v) is 13.5. The first-order valence-corrected chi connectivity index (χ1v) is 8.13. The molecule has 116 valence electrons. The molecule has 1 fully saturated rings. The summed E-state index contributed by atoms with van der Waals surface area (Å²) in [5.41, 5.74) is 0.621. The molecule has 1 aliphatic heterocycles. The molecule has 0 spiro atoms. The molecule has 1 saturated heterocycles. The Labute approximate surface area is 133 Å². The van der Waals surface area contributed by atoms with E-state index in [9.17, 15) is 9.59 Å². The molecular weight excluding hydrogens is 300 g/mol. The van der Waals surface area contributed by atoms with Gasteiger partial charge in [0, 0.05) is 26.2 Å². The van der Waals surface area contributed by atoms with Crippen LogP contribution in [0.5, 0.6) is 0 Å². The van der Waals surface area contributed by atoms with E-state index in [2.05, 4.69) is 0 Å². The van der Waals surface area contributed by atoms with Crippen molar-refractivity contribution in [3.05, 3.63) is 45.5 Å². The molecule has 1 aliphatic rings. The van der Waals surface area contributed by atoms with Crippen LogP contribution in [-0.4, -0.2) is 47.8 Å². The third-order valence-electron chi connectivity index (χ3n) is 3.86. The van der Waals surface area contributed by atoms with E-state index in [1.54, 1.807) is 17.9 Å². The molecule has 0 aromatic carbocycles. The molecule has 0 unspecified atom stereocenters. The lowest BCUT2D eigenvalue weighted by molar-refractivity contribution is 0.0537. The Morgan fingerprint density at radius 1 is 1.09 bits per heavy atom. The summed E-state index contributed by atoms with van der Waals surface area (Å²) < 4.78 is 5.42. The Balaban J connectivity index is 1.63. The van der Waals surface area contributed by atoms with Gasteiger partial charge in [0.05, 0.1) is 10.4 Å². The molecule has 0 N–H and O–H groups in total. The molecule has 0 atom stereocenters. The van der Waals surface area contributed by atoms with Crippen molar-refractivity contribution in [2.24, 2.45) is 0 Å². The Morgan fingerprint density at radius 2 is 1.73 bits per heavy atom. The SMILES string of the molecule is Cc1cc(C(=O)N2CCN(C(=O)c3cccs3)CC2)c(C)o1. The number of carbonyl (C=O) groups is 2. The van der Waals surface area contributed by atoms with Gasteiger partial charge in [-0.1, -0.05) is 6.07 Å². The highest BCUT2D eigenvalue weighted by Crippen LogP contribution is 2.18. The Bertz CT molecular complexity index is 682. The fourth-order valence-electron chi connectivity index (χ4n) is 2.68. The third kappa shape index (κ3) is 2.78. The molecule has 5 nitrogen and oxygen atoms in total. The Kier molecular flexibility index (Phi) is 4.02. The second-order valence-electron chi connectivity index (χ2n) is 5.39. The highest BCUT2D eigenvalue weighted by Gasteiger charge is 2.27. The minimum absolute atomic E-state index is 0.0161. The van der Waals surface area contributed by atoms with Gasteiger partial charge < -0.3 is 14.2 Å². The van der Waals surface area contributed by atoms with E-state index in [1.807, 2.05) is 29.3 Å². The van der Waals surface area contributed by atoms with E-state index in [-0.39, 0.29) is 11.8 Å². The number of hydrogen-bond acceptors (Lipinski definition) is 4. The van der Waals surface area contributed by atoms with Crippen molar-refractivity contribution < 1.29 is 14.0 Å². The molecule has 2 aromatic rings. The summed E-state index contributed by atoms with van der Waals surface area (Å²) in [5.74, 6) is 1.43. The minimum Gasteiger partial charge on any atom is -0.466 e. The number of amides is 2. The normalized spacial score (nSPS) is 15.2. The average molecular weight is 318 g/mol. The maximum absolute atomic E-state index is 12.5. The van der Waals surface area contributed by atoms with Crippen LogP contribution in [0.15, 0.2) is 28.0 Å². The van der Waals surface area contributed by atoms with E-state index in [4.69, 9.17) is 4.42 Å². The standard InChI is InChI=1S/C16H18N2O3S/c1-11-10-13(12(2)21-11)15(19)17-5-7-18(8-6-17)16(20)14-4-3-9-22-14/h3-4,9-10H,5-8H2,1-2H3. The van der Waals surface area contributed by atoms with Crippen molar-refractivity contribution in [3.8, 4) is 0 Å². The third-order valence-corrected chi connectivity index (χ3v) is 4.72. The lowest BCUT2D eigenvalue weighted by Crippen LogP contribution is -2.50. The molecule has 0 radical (unpaired) electrons. The number of furan rings is 1. The molecule has 3 rings (SSSR count). The second kappa shape index (κ2) is 5.96. The lowest BCUT2D eigenvalue weighted by Gasteiger charge is -2.34. The number of nitrogens with zero attached hydrogens (tertiary/aromatic N) is 2. The minimum atomic E-state index is -0.0161. The van der Waals surface area contributed by atoms with Crippen molar-refractivity contribution in [1.29, 1.82) is 0 Å². The van der Waals surface area contributed by atoms with E-state index in [0.717, 1.165) is 10.6 Å². The zero-order valence-electron chi connectivity index (χ0n) is 12.7. The first kappa shape index (κ1) is 14.8. The Morgan fingerprint density at radius 3 is 2.23 bits per heavy atom. The van der Waals surface area contributed by atoms with Crippen molar-refractivity contribution in [2.75, 3.05) is 26.2 Å². The number of thiophene rings is 1. The van der Waals surface area contributed by atoms with Gasteiger partial charge in [-0.05, 0) is 31.4 Å². The van der Waals surface area contributed by atoms with Gasteiger partial charge in [-0.25, -0.2) is 0 Å². The molecule has 2 amide bonds. The predicted molar refractivity (Wildman–Crippen MR) is 84.3 cm³/mol. The summed E-state index contributed by atoms with van der Waals surface area (Å²) in [6, 6.07) is 5.49. The predicted octanol–water partition coefficient (Wildman–Crippen LogP) is 2.56. The molecule has 3 heterocycles. The summed E-state index contributed by atoms with van der Waals surface area (Å²) in [6.07, 6.45) is 0. The van der Waals surface area contributed by atoms with Gasteiger partial charge in [0.25, 0.3) is 11.8 Å². The van der Waals surface area contributed by atoms with Crippen molar-refractivity contribution in [1.82, 2.24) is 9.80 Å². The van der Waals surface area contributed by atoms with Gasteiger partial charge in [-0.2, -0.15) is 0 Å². The van der Waals surface area contributed by atoms with E-state index in [0.29, 0.717) is 37.5 Å². The smallest absolute Gasteiger partial charge is 0.264 e. The number of aryl methyl sites for hydroxylation is 2. The topological polar surface area (TPSA) is 53.8 Å². The van der Waals surface area contributed by atoms with E-state index in [1.165, 1.54) is 11.3 Å². The van der Waals surface area contributed by atoms with Crippen LogP contribution >= 0.6 is 11.3 Å². The molecule has 6 heteroatoms. The fourth-order valence-corrected chi connectivity index (χ4v) is 3.37. The molecule has 22 heavy (non-hydrogen) atoms. The molecule has 0 saturated carbocycles. The van der Waals surface area contributed by atoms with Gasteiger partial charge in [0.1, 0.15) is 11.5 Å². The number of rotatable bonds is 2. The average Bonchev–Trinajstić information content (AvgIpc) is 3.15. The molecule has 0 bridgehead atoms. The summed E-state index contributed by atoms with van der Waals surface area (Å²) in [4.78, 5) is 29.1. The largest absolute Gasteiger partial charge is 0.466 e. The van der Waals surface area contributed by atoms with Crippen LogP contribution in [0.3, 0.4) is 0 Å². The highest BCUT2D eigenvalue weighted by molar-refractivity contribution is 7.12. The summed E-state index contributed by atoms with van der Waals surface area (Å²) in [7, 11) is 0. The van der Waals surface area contributed by atoms with Crippen LogP contribution in [0, 0.1) is 13.8 Å². The van der Waals surface area contributed by atoms with Crippen LogP contribution in [0.4, 0.5) is 0 Å². The molecular formula is C16H18N2O3S. The molecule has 2 aromatic heterocycles. The lowest BCUT2D eigenvalue weighted by atomic mass is 10.2. The van der Waals surface area contributed by atoms with Gasteiger partial charge in [0.15, 0.2) is 0 Å². The van der Waals surface area contributed by atoms with Gasteiger partial charge in [0.2, 0.25) is 0 Å². The van der Waals surface area contributed by atoms with Crippen molar-refractivity contribution in [2.45, 2.75) is 13.8 Å². The number of hydrogen-bond donors (Lipinski definition) is 0. The number of carbonyl (C=O) groups excluding carboxylic acids is 2. The van der Waals surface area contributed by atoms with Crippen molar-refractivity contribution >= 4 is 23.2 Å². The highest BCUT2D eigenvalue weighted by atomic mass is 32.1. The number of piperazine rings is 1. The van der Waals surface area contributed by atoms with Crippen LogP contribution in [-0.2, 0) is 0 Å². The van der Waals surface area contributed by atoms with Gasteiger partial charge >= 0.3 is 0 Å². The maximum atomic E-state index is 12.5. The summed E-state index contributed by atoms with van der Waals surface area (Å²) >= 11 is 1.45. The van der Waals surface area contributed by atoms with E-state index >= 15 is 0 Å². The Hall–Kier alpha value is -2.08. The van der Waals surface area contributed by atoms with Crippen molar-refractivity contribution in [3.63, 3.8) is 0 Å². The first-order chi connectivity index (χ1) is 10.6. The van der Waals surface area contributed by atoms with Gasteiger partial charge in [-0.3, -0.25) is 9.59 Å². The van der Waals surface area contributed by atoms with Crippen LogP contribution in [0.25, 0.3) is 0 Å². The molecule has 0 aliphatic carbocycles. The van der Waals surface area contributed by atoms with Crippen LogP contribution in [0.2, 0.25) is 0 Å². The van der Waals surface area contributed by atoms with Gasteiger partial charge in [-0.15, -0.1) is 11.3 Å². The van der Waals surface area contributed by atoms with Crippen LogP contribution in [0.1, 0.15) is 31.6 Å². The first-order valence-electron chi connectivity index (χ1n) is 7.25. The maximum Gasteiger partial charge on any atom is 0.264 e.